The number of hydrogen-bond donors (Lipinski definition) is 1. The second-order valence-corrected chi connectivity index (χ2v) is 3.96. The molecule has 0 amide bonds. The molecule has 9 heteroatoms. The summed E-state index contributed by atoms with van der Waals surface area (Å²) in [4.78, 5) is 3.64. The number of hydrogen-bond acceptors (Lipinski definition) is 2. The summed E-state index contributed by atoms with van der Waals surface area (Å²) in [7, 11) is 0. The van der Waals surface area contributed by atoms with Gasteiger partial charge in [0.05, 0.1) is 6.10 Å². The first kappa shape index (κ1) is 15.8. The molecule has 0 spiro atoms. The SMILES string of the molecule is CCn1ccnc1CC(O)C(C(F)(F)F)C(F)(F)F. The molecule has 1 heterocycles. The Hall–Kier alpha value is -1.25. The standard InChI is InChI=1S/C10H12F6N2O/c1-2-18-4-3-17-7(18)5-6(19)8(9(11,12)13)10(14,15)16/h3-4,6,8,19H,2,5H2,1H3. The third kappa shape index (κ3) is 3.85. The van der Waals surface area contributed by atoms with Gasteiger partial charge in [0.15, 0.2) is 5.92 Å². The molecule has 0 aromatic carbocycles. The van der Waals surface area contributed by atoms with E-state index in [-0.39, 0.29) is 5.82 Å². The molecule has 0 radical (unpaired) electrons. The summed E-state index contributed by atoms with van der Waals surface area (Å²) >= 11 is 0. The number of alkyl halides is 6. The van der Waals surface area contributed by atoms with E-state index in [0.717, 1.165) is 0 Å². The Morgan fingerprint density at radius 1 is 1.21 bits per heavy atom. The summed E-state index contributed by atoms with van der Waals surface area (Å²) in [6.45, 7) is 1.99. The monoisotopic (exact) mass is 290 g/mol. The van der Waals surface area contributed by atoms with Crippen LogP contribution >= 0.6 is 0 Å². The molecule has 0 bridgehead atoms. The van der Waals surface area contributed by atoms with Crippen molar-refractivity contribution in [1.82, 2.24) is 9.55 Å². The Bertz CT molecular complexity index is 397. The van der Waals surface area contributed by atoms with Gasteiger partial charge in [-0.3, -0.25) is 0 Å². The van der Waals surface area contributed by atoms with Crippen LogP contribution in [0.15, 0.2) is 12.4 Å². The number of aliphatic hydroxyl groups is 1. The second kappa shape index (κ2) is 5.40. The fraction of sp³-hybridized carbons (Fsp3) is 0.700. The lowest BCUT2D eigenvalue weighted by atomic mass is 9.98. The number of rotatable bonds is 4. The van der Waals surface area contributed by atoms with Gasteiger partial charge in [0, 0.05) is 25.4 Å². The van der Waals surface area contributed by atoms with Gasteiger partial charge in [0.25, 0.3) is 0 Å². The Morgan fingerprint density at radius 3 is 2.16 bits per heavy atom. The van der Waals surface area contributed by atoms with Crippen molar-refractivity contribution in [3.8, 4) is 0 Å². The van der Waals surface area contributed by atoms with Gasteiger partial charge in [-0.05, 0) is 6.92 Å². The zero-order valence-corrected chi connectivity index (χ0v) is 9.83. The first-order chi connectivity index (χ1) is 8.57. The average molecular weight is 290 g/mol. The molecule has 1 N–H and O–H groups in total. The largest absolute Gasteiger partial charge is 0.403 e. The highest BCUT2D eigenvalue weighted by molar-refractivity contribution is 4.97. The van der Waals surface area contributed by atoms with Crippen molar-refractivity contribution < 1.29 is 31.4 Å². The fourth-order valence-corrected chi connectivity index (χ4v) is 1.74. The van der Waals surface area contributed by atoms with E-state index >= 15 is 0 Å². The number of imidazole rings is 1. The average Bonchev–Trinajstić information content (AvgIpc) is 2.59. The lowest BCUT2D eigenvalue weighted by molar-refractivity contribution is -0.305. The highest BCUT2D eigenvalue weighted by Gasteiger charge is 2.60. The Balaban J connectivity index is 2.93. The van der Waals surface area contributed by atoms with Crippen LogP contribution in [0.5, 0.6) is 0 Å². The van der Waals surface area contributed by atoms with Gasteiger partial charge in [0.2, 0.25) is 0 Å². The first-order valence-corrected chi connectivity index (χ1v) is 5.38. The molecular formula is C10H12F6N2O. The van der Waals surface area contributed by atoms with E-state index < -0.39 is 30.8 Å². The molecule has 1 aromatic rings. The predicted octanol–water partition coefficient (Wildman–Crippen LogP) is 2.55. The molecule has 110 valence electrons. The molecule has 3 nitrogen and oxygen atoms in total. The minimum absolute atomic E-state index is 0.0199. The molecule has 0 aliphatic rings. The first-order valence-electron chi connectivity index (χ1n) is 5.38. The Kier molecular flexibility index (Phi) is 4.49. The fourth-order valence-electron chi connectivity index (χ4n) is 1.74. The van der Waals surface area contributed by atoms with Gasteiger partial charge in [-0.15, -0.1) is 0 Å². The van der Waals surface area contributed by atoms with Crippen molar-refractivity contribution >= 4 is 0 Å². The van der Waals surface area contributed by atoms with Crippen molar-refractivity contribution in [2.45, 2.75) is 38.3 Å². The quantitative estimate of drug-likeness (QED) is 0.865. The molecule has 0 aliphatic heterocycles. The van der Waals surface area contributed by atoms with Crippen LogP contribution in [0.1, 0.15) is 12.7 Å². The van der Waals surface area contributed by atoms with E-state index in [9.17, 15) is 31.4 Å². The van der Waals surface area contributed by atoms with Crippen molar-refractivity contribution in [3.63, 3.8) is 0 Å². The van der Waals surface area contributed by atoms with E-state index in [0.29, 0.717) is 6.54 Å². The Morgan fingerprint density at radius 2 is 1.74 bits per heavy atom. The van der Waals surface area contributed by atoms with Crippen LogP contribution in [0, 0.1) is 5.92 Å². The van der Waals surface area contributed by atoms with Gasteiger partial charge in [-0.1, -0.05) is 0 Å². The summed E-state index contributed by atoms with van der Waals surface area (Å²) < 4.78 is 75.6. The molecule has 1 atom stereocenters. The molecular weight excluding hydrogens is 278 g/mol. The Labute approximate surface area is 104 Å². The highest BCUT2D eigenvalue weighted by Crippen LogP contribution is 2.41. The number of aliphatic hydroxyl groups excluding tert-OH is 1. The van der Waals surface area contributed by atoms with Crippen LogP contribution in [0.25, 0.3) is 0 Å². The third-order valence-electron chi connectivity index (χ3n) is 2.62. The normalized spacial score (nSPS) is 15.0. The van der Waals surface area contributed by atoms with Crippen LogP contribution in [-0.4, -0.2) is 33.1 Å². The van der Waals surface area contributed by atoms with Gasteiger partial charge in [0.1, 0.15) is 5.82 Å². The molecule has 1 aromatic heterocycles. The maximum absolute atomic E-state index is 12.4. The van der Waals surface area contributed by atoms with E-state index in [2.05, 4.69) is 4.98 Å². The van der Waals surface area contributed by atoms with Crippen LogP contribution in [-0.2, 0) is 13.0 Å². The van der Waals surface area contributed by atoms with E-state index in [1.54, 1.807) is 6.92 Å². The molecule has 0 saturated carbocycles. The molecule has 0 aliphatic carbocycles. The predicted molar refractivity (Wildman–Crippen MR) is 53.2 cm³/mol. The van der Waals surface area contributed by atoms with E-state index in [4.69, 9.17) is 0 Å². The zero-order valence-electron chi connectivity index (χ0n) is 9.83. The summed E-state index contributed by atoms with van der Waals surface area (Å²) in [6.07, 6.45) is -11.9. The molecule has 0 fully saturated rings. The minimum Gasteiger partial charge on any atom is -0.392 e. The number of aryl methyl sites for hydroxylation is 1. The van der Waals surface area contributed by atoms with E-state index in [1.807, 2.05) is 0 Å². The van der Waals surface area contributed by atoms with Crippen LogP contribution in [0.2, 0.25) is 0 Å². The van der Waals surface area contributed by atoms with Crippen molar-refractivity contribution in [2.75, 3.05) is 0 Å². The summed E-state index contributed by atoms with van der Waals surface area (Å²) in [6, 6.07) is 0. The molecule has 19 heavy (non-hydrogen) atoms. The topological polar surface area (TPSA) is 38.0 Å². The summed E-state index contributed by atoms with van der Waals surface area (Å²) in [5.74, 6) is -3.80. The number of nitrogens with zero attached hydrogens (tertiary/aromatic N) is 2. The molecule has 1 unspecified atom stereocenters. The summed E-state index contributed by atoms with van der Waals surface area (Å²) in [5, 5.41) is 9.28. The van der Waals surface area contributed by atoms with Gasteiger partial charge in [-0.2, -0.15) is 26.3 Å². The van der Waals surface area contributed by atoms with Crippen LogP contribution in [0.3, 0.4) is 0 Å². The zero-order chi connectivity index (χ0) is 14.8. The van der Waals surface area contributed by atoms with Crippen molar-refractivity contribution in [2.24, 2.45) is 5.92 Å². The van der Waals surface area contributed by atoms with Crippen LogP contribution < -0.4 is 0 Å². The van der Waals surface area contributed by atoms with Gasteiger partial charge < -0.3 is 9.67 Å². The maximum atomic E-state index is 12.4. The molecule has 0 saturated heterocycles. The van der Waals surface area contributed by atoms with Crippen molar-refractivity contribution in [3.05, 3.63) is 18.2 Å². The lowest BCUT2D eigenvalue weighted by Crippen LogP contribution is -2.45. The van der Waals surface area contributed by atoms with E-state index in [1.165, 1.54) is 17.0 Å². The number of halogens is 6. The van der Waals surface area contributed by atoms with Crippen LogP contribution in [0.4, 0.5) is 26.3 Å². The summed E-state index contributed by atoms with van der Waals surface area (Å²) in [5.41, 5.74) is 0. The maximum Gasteiger partial charge on any atom is 0.403 e. The van der Waals surface area contributed by atoms with Crippen molar-refractivity contribution in [1.29, 1.82) is 0 Å². The highest BCUT2D eigenvalue weighted by atomic mass is 19.4. The third-order valence-corrected chi connectivity index (χ3v) is 2.62. The molecule has 1 rings (SSSR count). The van der Waals surface area contributed by atoms with Gasteiger partial charge in [-0.25, -0.2) is 4.98 Å². The number of aromatic nitrogens is 2. The smallest absolute Gasteiger partial charge is 0.392 e. The second-order valence-electron chi connectivity index (χ2n) is 3.96. The van der Waals surface area contributed by atoms with Gasteiger partial charge >= 0.3 is 12.4 Å². The lowest BCUT2D eigenvalue weighted by Gasteiger charge is -2.27. The minimum atomic E-state index is -5.55.